The van der Waals surface area contributed by atoms with Crippen molar-refractivity contribution in [3.8, 4) is 28.1 Å². The molecule has 0 aliphatic heterocycles. The number of aryl methyl sites for hydroxylation is 1. The van der Waals surface area contributed by atoms with Gasteiger partial charge in [-0.25, -0.2) is 4.79 Å². The Kier molecular flexibility index (Phi) is 11.7. The maximum absolute atomic E-state index is 11.5. The van der Waals surface area contributed by atoms with Crippen molar-refractivity contribution in [3.05, 3.63) is 118 Å². The molecule has 0 unspecified atom stereocenters. The summed E-state index contributed by atoms with van der Waals surface area (Å²) in [4.78, 5) is 15.6. The van der Waals surface area contributed by atoms with E-state index in [0.29, 0.717) is 0 Å². The van der Waals surface area contributed by atoms with Gasteiger partial charge in [-0.3, -0.25) is 0 Å². The first-order chi connectivity index (χ1) is 23.8. The Hall–Kier alpha value is -5.52. The van der Waals surface area contributed by atoms with Crippen molar-refractivity contribution in [1.29, 1.82) is 5.26 Å². The molecule has 0 radical (unpaired) electrons. The summed E-state index contributed by atoms with van der Waals surface area (Å²) in [6.07, 6.45) is 11.1. The van der Waals surface area contributed by atoms with Crippen LogP contribution in [0.2, 0.25) is 0 Å². The molecular formula is C41H41N3O4S. The lowest BCUT2D eigenvalue weighted by atomic mass is 10.1. The Balaban J connectivity index is 1.40. The van der Waals surface area contributed by atoms with Crippen LogP contribution in [0, 0.1) is 11.3 Å². The normalized spacial score (nSPS) is 11.4. The van der Waals surface area contributed by atoms with Gasteiger partial charge in [0.05, 0.1) is 24.8 Å². The molecule has 0 saturated heterocycles. The molecule has 5 rings (SSSR count). The minimum absolute atomic E-state index is 0.261. The van der Waals surface area contributed by atoms with Crippen LogP contribution in [0.25, 0.3) is 28.8 Å². The van der Waals surface area contributed by atoms with E-state index in [-0.39, 0.29) is 5.57 Å². The summed E-state index contributed by atoms with van der Waals surface area (Å²) in [5.74, 6) is 0.387. The van der Waals surface area contributed by atoms with Gasteiger partial charge in [0, 0.05) is 34.7 Å². The lowest BCUT2D eigenvalue weighted by Gasteiger charge is -2.26. The Morgan fingerprint density at radius 1 is 0.857 bits per heavy atom. The maximum Gasteiger partial charge on any atom is 0.346 e. The third-order valence-electron chi connectivity index (χ3n) is 8.42. The van der Waals surface area contributed by atoms with Crippen LogP contribution in [-0.4, -0.2) is 29.9 Å². The number of anilines is 3. The lowest BCUT2D eigenvalue weighted by Crippen LogP contribution is -2.09. The van der Waals surface area contributed by atoms with Gasteiger partial charge in [-0.2, -0.15) is 5.26 Å². The van der Waals surface area contributed by atoms with Gasteiger partial charge in [0.2, 0.25) is 0 Å². The number of hydrogen-bond donors (Lipinski definition) is 1. The van der Waals surface area contributed by atoms with E-state index in [2.05, 4.69) is 64.9 Å². The third kappa shape index (κ3) is 8.50. The Labute approximate surface area is 292 Å². The number of aliphatic carboxylic acids is 1. The van der Waals surface area contributed by atoms with Crippen LogP contribution in [0.4, 0.5) is 17.1 Å². The highest BCUT2D eigenvalue weighted by atomic mass is 32.1. The number of aromatic nitrogens is 1. The van der Waals surface area contributed by atoms with Crippen molar-refractivity contribution in [1.82, 2.24) is 4.57 Å². The highest BCUT2D eigenvalue weighted by Crippen LogP contribution is 2.38. The van der Waals surface area contributed by atoms with E-state index in [1.54, 1.807) is 20.3 Å². The summed E-state index contributed by atoms with van der Waals surface area (Å²) < 4.78 is 12.9. The van der Waals surface area contributed by atoms with Crippen LogP contribution in [0.15, 0.2) is 96.6 Å². The van der Waals surface area contributed by atoms with Gasteiger partial charge in [-0.05, 0) is 115 Å². The molecule has 49 heavy (non-hydrogen) atoms. The molecule has 5 aromatic rings. The number of thiophene rings is 1. The quantitative estimate of drug-likeness (QED) is 0.0677. The highest BCUT2D eigenvalue weighted by molar-refractivity contribution is 7.16. The van der Waals surface area contributed by atoms with Crippen molar-refractivity contribution in [2.75, 3.05) is 19.1 Å². The largest absolute Gasteiger partial charge is 0.497 e. The number of carbonyl (C=O) groups is 1. The fraction of sp³-hybridized carbons (Fsp3) is 0.220. The molecule has 0 fully saturated rings. The molecule has 0 amide bonds. The molecule has 250 valence electrons. The zero-order chi connectivity index (χ0) is 34.8. The minimum atomic E-state index is -1.21. The second-order valence-electron chi connectivity index (χ2n) is 11.6. The number of nitriles is 1. The lowest BCUT2D eigenvalue weighted by molar-refractivity contribution is -0.132. The SMILES string of the molecule is CCCCCCc1cc(/C=C(\C#N)C(=O)O)sc1-c1ccc(/C=C/c2ccc(N(c3ccc(OC)cc3)c3ccc(OC)cc3)cc2)n1C. The van der Waals surface area contributed by atoms with E-state index in [4.69, 9.17) is 9.47 Å². The first kappa shape index (κ1) is 34.8. The van der Waals surface area contributed by atoms with Gasteiger partial charge >= 0.3 is 5.97 Å². The standard InChI is InChI=1S/C41H41N3O4S/c1-5-6-7-8-9-30-26-38(27-31(28-42)41(45)46)49-40(30)39-25-20-32(43(39)2)13-10-29-11-14-33(15-12-29)44(34-16-21-36(47-3)22-17-34)35-18-23-37(48-4)24-19-35/h10-27H,5-9H2,1-4H3,(H,45,46)/b13-10+,31-27+. The summed E-state index contributed by atoms with van der Waals surface area (Å²) in [6.45, 7) is 2.20. The van der Waals surface area contributed by atoms with Gasteiger partial charge in [0.15, 0.2) is 0 Å². The van der Waals surface area contributed by atoms with Crippen molar-refractivity contribution < 1.29 is 19.4 Å². The van der Waals surface area contributed by atoms with Crippen LogP contribution in [-0.2, 0) is 18.3 Å². The van der Waals surface area contributed by atoms with E-state index in [1.165, 1.54) is 29.4 Å². The summed E-state index contributed by atoms with van der Waals surface area (Å²) in [7, 11) is 5.38. The van der Waals surface area contributed by atoms with E-state index in [0.717, 1.165) is 81.0 Å². The Bertz CT molecular complexity index is 1910. The van der Waals surface area contributed by atoms with Crippen molar-refractivity contribution >= 4 is 52.6 Å². The Morgan fingerprint density at radius 2 is 1.45 bits per heavy atom. The number of benzene rings is 3. The number of nitrogens with zero attached hydrogens (tertiary/aromatic N) is 3. The molecule has 0 spiro atoms. The summed E-state index contributed by atoms with van der Waals surface area (Å²) in [5.41, 5.74) is 7.13. The molecular weight excluding hydrogens is 631 g/mol. The van der Waals surface area contributed by atoms with Gasteiger partial charge in [0.1, 0.15) is 23.1 Å². The summed E-state index contributed by atoms with van der Waals surface area (Å²) in [5, 5.41) is 18.7. The number of hydrogen-bond acceptors (Lipinski definition) is 6. The number of methoxy groups -OCH3 is 2. The number of unbranched alkanes of at least 4 members (excludes halogenated alkanes) is 3. The van der Waals surface area contributed by atoms with Gasteiger partial charge in [0.25, 0.3) is 0 Å². The number of rotatable bonds is 15. The molecule has 0 atom stereocenters. The van der Waals surface area contributed by atoms with E-state index >= 15 is 0 Å². The van der Waals surface area contributed by atoms with E-state index < -0.39 is 5.97 Å². The number of carboxylic acids is 1. The van der Waals surface area contributed by atoms with Crippen LogP contribution in [0.5, 0.6) is 11.5 Å². The molecule has 2 heterocycles. The maximum atomic E-state index is 11.5. The first-order valence-corrected chi connectivity index (χ1v) is 17.2. The van der Waals surface area contributed by atoms with Gasteiger partial charge in [-0.1, -0.05) is 44.4 Å². The predicted molar refractivity (Wildman–Crippen MR) is 201 cm³/mol. The second-order valence-corrected chi connectivity index (χ2v) is 12.7. The van der Waals surface area contributed by atoms with Crippen LogP contribution in [0.3, 0.4) is 0 Å². The van der Waals surface area contributed by atoms with Crippen molar-refractivity contribution in [2.24, 2.45) is 7.05 Å². The van der Waals surface area contributed by atoms with Crippen molar-refractivity contribution in [3.63, 3.8) is 0 Å². The average molecular weight is 672 g/mol. The summed E-state index contributed by atoms with van der Waals surface area (Å²) >= 11 is 1.53. The van der Waals surface area contributed by atoms with Gasteiger partial charge < -0.3 is 24.0 Å². The molecule has 0 aliphatic rings. The van der Waals surface area contributed by atoms with E-state index in [1.807, 2.05) is 61.6 Å². The predicted octanol–water partition coefficient (Wildman–Crippen LogP) is 10.5. The van der Waals surface area contributed by atoms with Crippen molar-refractivity contribution in [2.45, 2.75) is 39.0 Å². The zero-order valence-electron chi connectivity index (χ0n) is 28.3. The molecule has 1 N–H and O–H groups in total. The first-order valence-electron chi connectivity index (χ1n) is 16.4. The topological polar surface area (TPSA) is 87.7 Å². The number of carboxylic acid groups (broad SMARTS) is 1. The fourth-order valence-corrected chi connectivity index (χ4v) is 6.91. The molecule has 0 bridgehead atoms. The van der Waals surface area contributed by atoms with Gasteiger partial charge in [-0.15, -0.1) is 11.3 Å². The zero-order valence-corrected chi connectivity index (χ0v) is 29.2. The van der Waals surface area contributed by atoms with Crippen LogP contribution < -0.4 is 14.4 Å². The molecule has 7 nitrogen and oxygen atoms in total. The van der Waals surface area contributed by atoms with Crippen LogP contribution in [0.1, 0.15) is 54.3 Å². The average Bonchev–Trinajstić information content (AvgIpc) is 3.70. The monoisotopic (exact) mass is 671 g/mol. The third-order valence-corrected chi connectivity index (χ3v) is 9.56. The summed E-state index contributed by atoms with van der Waals surface area (Å²) in [6, 6.07) is 32.5. The number of ether oxygens (including phenoxy) is 2. The molecule has 2 aromatic heterocycles. The molecule has 8 heteroatoms. The highest BCUT2D eigenvalue weighted by Gasteiger charge is 2.16. The van der Waals surface area contributed by atoms with E-state index in [9.17, 15) is 15.2 Å². The smallest absolute Gasteiger partial charge is 0.346 e. The molecule has 0 aliphatic carbocycles. The fourth-order valence-electron chi connectivity index (χ4n) is 5.70. The Morgan fingerprint density at radius 3 is 1.98 bits per heavy atom. The minimum Gasteiger partial charge on any atom is -0.497 e. The molecule has 0 saturated carbocycles. The van der Waals surface area contributed by atoms with Crippen LogP contribution >= 0.6 is 11.3 Å². The molecule has 3 aromatic carbocycles. The second kappa shape index (κ2) is 16.5.